The van der Waals surface area contributed by atoms with E-state index in [0.29, 0.717) is 10.6 Å². The topological polar surface area (TPSA) is 44.1 Å². The van der Waals surface area contributed by atoms with Crippen LogP contribution < -0.4 is 4.74 Å². The number of hydrogen-bond donors (Lipinski definition) is 0. The number of ketones is 1. The van der Waals surface area contributed by atoms with E-state index in [9.17, 15) is 4.79 Å². The molecule has 0 atom stereocenters. The van der Waals surface area contributed by atoms with E-state index in [0.717, 1.165) is 22.7 Å². The molecule has 2 rings (SSSR count). The molecule has 4 nitrogen and oxygen atoms in total. The zero-order valence-corrected chi connectivity index (χ0v) is 12.8. The summed E-state index contributed by atoms with van der Waals surface area (Å²) in [5.41, 5.74) is 3.06. The van der Waals surface area contributed by atoms with E-state index in [1.807, 2.05) is 19.9 Å². The number of halogens is 1. The first-order valence-electron chi connectivity index (χ1n) is 6.30. The molecule has 0 aliphatic heterocycles. The highest BCUT2D eigenvalue weighted by Gasteiger charge is 2.16. The number of benzene rings is 1. The molecule has 20 heavy (non-hydrogen) atoms. The number of ether oxygens (including phenoxy) is 1. The number of rotatable bonds is 4. The Morgan fingerprint density at radius 1 is 1.40 bits per heavy atom. The Kier molecular flexibility index (Phi) is 4.14. The van der Waals surface area contributed by atoms with E-state index < -0.39 is 0 Å². The highest BCUT2D eigenvalue weighted by Crippen LogP contribution is 2.23. The monoisotopic (exact) mass is 292 g/mol. The van der Waals surface area contributed by atoms with Crippen LogP contribution in [0, 0.1) is 13.8 Å². The first-order chi connectivity index (χ1) is 9.43. The first kappa shape index (κ1) is 14.6. The number of Topliss-reactive ketones (excluding diaryl/α,β-unsaturated/α-hetero) is 1. The third-order valence-corrected chi connectivity index (χ3v) is 3.80. The maximum atomic E-state index is 12.3. The van der Waals surface area contributed by atoms with Crippen LogP contribution in [-0.2, 0) is 13.5 Å². The summed E-state index contributed by atoms with van der Waals surface area (Å²) >= 11 is 6.17. The van der Waals surface area contributed by atoms with Crippen molar-refractivity contribution in [1.82, 2.24) is 9.78 Å². The average Bonchev–Trinajstić information content (AvgIpc) is 2.65. The van der Waals surface area contributed by atoms with Gasteiger partial charge in [0.05, 0.1) is 29.9 Å². The van der Waals surface area contributed by atoms with Crippen molar-refractivity contribution >= 4 is 17.4 Å². The highest BCUT2D eigenvalue weighted by atomic mass is 35.5. The van der Waals surface area contributed by atoms with Gasteiger partial charge < -0.3 is 4.74 Å². The molecule has 106 valence electrons. The lowest BCUT2D eigenvalue weighted by molar-refractivity contribution is 0.0990. The van der Waals surface area contributed by atoms with Crippen molar-refractivity contribution in [1.29, 1.82) is 0 Å². The minimum absolute atomic E-state index is 0.0145. The summed E-state index contributed by atoms with van der Waals surface area (Å²) in [4.78, 5) is 12.3. The maximum absolute atomic E-state index is 12.3. The number of aromatic nitrogens is 2. The SMILES string of the molecule is COc1ccc(C(=O)Cc2c(Cl)c(C)nn2C)cc1C. The fourth-order valence-corrected chi connectivity index (χ4v) is 2.41. The zero-order valence-electron chi connectivity index (χ0n) is 12.0. The van der Waals surface area contributed by atoms with Gasteiger partial charge in [0.15, 0.2) is 5.78 Å². The van der Waals surface area contributed by atoms with Gasteiger partial charge in [-0.3, -0.25) is 9.48 Å². The number of nitrogens with zero attached hydrogens (tertiary/aromatic N) is 2. The van der Waals surface area contributed by atoms with E-state index in [1.165, 1.54) is 0 Å². The quantitative estimate of drug-likeness (QED) is 0.813. The van der Waals surface area contributed by atoms with Crippen molar-refractivity contribution in [2.45, 2.75) is 20.3 Å². The van der Waals surface area contributed by atoms with Gasteiger partial charge in [-0.2, -0.15) is 5.10 Å². The van der Waals surface area contributed by atoms with Gasteiger partial charge in [-0.25, -0.2) is 0 Å². The Bertz CT molecular complexity index is 662. The third kappa shape index (κ3) is 2.70. The molecule has 2 aromatic rings. The first-order valence-corrected chi connectivity index (χ1v) is 6.67. The lowest BCUT2D eigenvalue weighted by atomic mass is 10.0. The molecule has 0 aliphatic carbocycles. The predicted molar refractivity (Wildman–Crippen MR) is 78.7 cm³/mol. The molecule has 0 unspecified atom stereocenters. The molecule has 0 aliphatic rings. The van der Waals surface area contributed by atoms with Gasteiger partial charge in [0, 0.05) is 12.6 Å². The van der Waals surface area contributed by atoms with Gasteiger partial charge in [-0.1, -0.05) is 11.6 Å². The van der Waals surface area contributed by atoms with Crippen LogP contribution in [0.4, 0.5) is 0 Å². The van der Waals surface area contributed by atoms with Gasteiger partial charge in [0.2, 0.25) is 0 Å². The Morgan fingerprint density at radius 3 is 2.60 bits per heavy atom. The van der Waals surface area contributed by atoms with E-state index >= 15 is 0 Å². The molecule has 0 saturated heterocycles. The molecule has 0 N–H and O–H groups in total. The number of hydrogen-bond acceptors (Lipinski definition) is 3. The molecule has 0 bridgehead atoms. The summed E-state index contributed by atoms with van der Waals surface area (Å²) in [6.07, 6.45) is 0.238. The van der Waals surface area contributed by atoms with E-state index in [-0.39, 0.29) is 12.2 Å². The fraction of sp³-hybridized carbons (Fsp3) is 0.333. The lowest BCUT2D eigenvalue weighted by Gasteiger charge is -2.07. The van der Waals surface area contributed by atoms with Crippen molar-refractivity contribution < 1.29 is 9.53 Å². The largest absolute Gasteiger partial charge is 0.496 e. The van der Waals surface area contributed by atoms with E-state index in [2.05, 4.69) is 5.10 Å². The van der Waals surface area contributed by atoms with Gasteiger partial charge in [0.1, 0.15) is 5.75 Å². The minimum atomic E-state index is 0.0145. The van der Waals surface area contributed by atoms with Crippen LogP contribution in [0.1, 0.15) is 27.3 Å². The van der Waals surface area contributed by atoms with Crippen LogP contribution in [0.2, 0.25) is 5.02 Å². The maximum Gasteiger partial charge on any atom is 0.168 e. The molecule has 1 aromatic carbocycles. The molecule has 0 amide bonds. The number of aryl methyl sites for hydroxylation is 3. The Morgan fingerprint density at radius 2 is 2.10 bits per heavy atom. The smallest absolute Gasteiger partial charge is 0.168 e. The normalized spacial score (nSPS) is 10.7. The van der Waals surface area contributed by atoms with Gasteiger partial charge in [-0.05, 0) is 37.6 Å². The summed E-state index contributed by atoms with van der Waals surface area (Å²) in [5, 5.41) is 4.78. The molecule has 0 fully saturated rings. The summed E-state index contributed by atoms with van der Waals surface area (Å²) in [6.45, 7) is 3.74. The number of carbonyl (C=O) groups excluding carboxylic acids is 1. The second kappa shape index (κ2) is 5.67. The minimum Gasteiger partial charge on any atom is -0.496 e. The van der Waals surface area contributed by atoms with Gasteiger partial charge in [-0.15, -0.1) is 0 Å². The van der Waals surface area contributed by atoms with Crippen molar-refractivity contribution in [3.8, 4) is 5.75 Å². The summed E-state index contributed by atoms with van der Waals surface area (Å²) in [7, 11) is 3.41. The molecular formula is C15H17ClN2O2. The fourth-order valence-electron chi connectivity index (χ4n) is 2.18. The zero-order chi connectivity index (χ0) is 14.9. The molecule has 1 heterocycles. The van der Waals surface area contributed by atoms with E-state index in [4.69, 9.17) is 16.3 Å². The Balaban J connectivity index is 2.26. The van der Waals surface area contributed by atoms with Crippen LogP contribution in [0.3, 0.4) is 0 Å². The molecule has 0 saturated carbocycles. The van der Waals surface area contributed by atoms with Crippen molar-refractivity contribution in [3.63, 3.8) is 0 Å². The van der Waals surface area contributed by atoms with Crippen molar-refractivity contribution in [3.05, 3.63) is 45.7 Å². The van der Waals surface area contributed by atoms with Crippen LogP contribution >= 0.6 is 11.6 Å². The molecule has 0 radical (unpaired) electrons. The molecule has 0 spiro atoms. The van der Waals surface area contributed by atoms with Crippen molar-refractivity contribution in [2.24, 2.45) is 7.05 Å². The predicted octanol–water partition coefficient (Wildman–Crippen LogP) is 3.12. The lowest BCUT2D eigenvalue weighted by Crippen LogP contribution is -2.08. The van der Waals surface area contributed by atoms with E-state index in [1.54, 1.807) is 31.0 Å². The molecule has 1 aromatic heterocycles. The van der Waals surface area contributed by atoms with Crippen LogP contribution in [-0.4, -0.2) is 22.7 Å². The number of methoxy groups -OCH3 is 1. The summed E-state index contributed by atoms with van der Waals surface area (Å²) in [6, 6.07) is 5.41. The van der Waals surface area contributed by atoms with Crippen LogP contribution in [0.25, 0.3) is 0 Å². The second-order valence-corrected chi connectivity index (χ2v) is 5.13. The Hall–Kier alpha value is -1.81. The molecule has 5 heteroatoms. The Labute approximate surface area is 123 Å². The van der Waals surface area contributed by atoms with Crippen LogP contribution in [0.15, 0.2) is 18.2 Å². The number of carbonyl (C=O) groups is 1. The highest BCUT2D eigenvalue weighted by molar-refractivity contribution is 6.32. The van der Waals surface area contributed by atoms with Gasteiger partial charge >= 0.3 is 0 Å². The summed E-state index contributed by atoms with van der Waals surface area (Å²) in [5.74, 6) is 0.789. The standard InChI is InChI=1S/C15H17ClN2O2/c1-9-7-11(5-6-14(9)20-4)13(19)8-12-15(16)10(2)17-18(12)3/h5-7H,8H2,1-4H3. The second-order valence-electron chi connectivity index (χ2n) is 4.75. The van der Waals surface area contributed by atoms with Crippen molar-refractivity contribution in [2.75, 3.05) is 7.11 Å². The van der Waals surface area contributed by atoms with Gasteiger partial charge in [0.25, 0.3) is 0 Å². The average molecular weight is 293 g/mol. The summed E-state index contributed by atoms with van der Waals surface area (Å²) < 4.78 is 6.85. The van der Waals surface area contributed by atoms with Crippen LogP contribution in [0.5, 0.6) is 5.75 Å². The molecular weight excluding hydrogens is 276 g/mol. The third-order valence-electron chi connectivity index (χ3n) is 3.31.